The number of unbranched alkanes of at least 4 members (excludes halogenated alkanes) is 9. The largest absolute Gasteiger partial charge is 0.639 e. The van der Waals surface area contributed by atoms with E-state index in [2.05, 4.69) is 41.5 Å². The molecule has 0 aromatic heterocycles. The second kappa shape index (κ2) is 20.2. The zero-order valence-corrected chi connectivity index (χ0v) is 20.1. The van der Waals surface area contributed by atoms with Crippen LogP contribution in [0.4, 0.5) is 0 Å². The van der Waals surface area contributed by atoms with E-state index in [9.17, 15) is 0 Å². The van der Waals surface area contributed by atoms with Gasteiger partial charge in [0.05, 0.1) is 0 Å². The van der Waals surface area contributed by atoms with Gasteiger partial charge in [-0.15, -0.1) is 0 Å². The summed E-state index contributed by atoms with van der Waals surface area (Å²) in [5.74, 6) is 0. The van der Waals surface area contributed by atoms with Crippen molar-refractivity contribution in [3.8, 4) is 0 Å². The summed E-state index contributed by atoms with van der Waals surface area (Å²) >= 11 is 0. The average molecular weight is 398 g/mol. The van der Waals surface area contributed by atoms with Crippen LogP contribution in [0.25, 0.3) is 0 Å². The Morgan fingerprint density at radius 3 is 1.00 bits per heavy atom. The van der Waals surface area contributed by atoms with E-state index in [1.165, 1.54) is 77.0 Å². The van der Waals surface area contributed by atoms with Crippen LogP contribution in [0.15, 0.2) is 0 Å². The van der Waals surface area contributed by atoms with Crippen molar-refractivity contribution in [2.45, 2.75) is 156 Å². The van der Waals surface area contributed by atoms with Crippen LogP contribution in [0.5, 0.6) is 0 Å². The van der Waals surface area contributed by atoms with E-state index in [0.717, 1.165) is 19.3 Å². The van der Waals surface area contributed by atoms with Crippen LogP contribution in [0.3, 0.4) is 0 Å². The molecule has 4 heteroatoms. The third-order valence-electron chi connectivity index (χ3n) is 5.42. The monoisotopic (exact) mass is 398 g/mol. The molecule has 0 saturated heterocycles. The second-order valence-electron chi connectivity index (χ2n) is 8.68. The Kier molecular flexibility index (Phi) is 20.2. The minimum atomic E-state index is -0.525. The molecule has 0 fully saturated rings. The Hall–Kier alpha value is -0.0551. The lowest BCUT2D eigenvalue weighted by Crippen LogP contribution is -2.37. The maximum atomic E-state index is 6.18. The van der Waals surface area contributed by atoms with Crippen molar-refractivity contribution in [2.24, 2.45) is 0 Å². The molecule has 3 atom stereocenters. The fourth-order valence-corrected chi connectivity index (χ4v) is 3.45. The van der Waals surface area contributed by atoms with E-state index in [-0.39, 0.29) is 18.3 Å². The van der Waals surface area contributed by atoms with Crippen molar-refractivity contribution in [3.05, 3.63) is 0 Å². The van der Waals surface area contributed by atoms with Gasteiger partial charge in [0.2, 0.25) is 0 Å². The number of rotatable bonds is 21. The predicted molar refractivity (Wildman–Crippen MR) is 124 cm³/mol. The van der Waals surface area contributed by atoms with E-state index in [1.807, 2.05) is 0 Å². The Morgan fingerprint density at radius 1 is 0.464 bits per heavy atom. The lowest BCUT2D eigenvalue weighted by Gasteiger charge is -2.25. The molecule has 3 nitrogen and oxygen atoms in total. The van der Waals surface area contributed by atoms with Gasteiger partial charge in [-0.2, -0.15) is 0 Å². The highest BCUT2D eigenvalue weighted by molar-refractivity contribution is 6.36. The lowest BCUT2D eigenvalue weighted by molar-refractivity contribution is 0.0133. The van der Waals surface area contributed by atoms with Crippen LogP contribution in [-0.4, -0.2) is 25.6 Å². The van der Waals surface area contributed by atoms with Gasteiger partial charge in [-0.1, -0.05) is 97.8 Å². The van der Waals surface area contributed by atoms with Crippen LogP contribution in [0.1, 0.15) is 138 Å². The van der Waals surface area contributed by atoms with Crippen molar-refractivity contribution in [1.82, 2.24) is 0 Å². The van der Waals surface area contributed by atoms with Crippen LogP contribution in [0, 0.1) is 0 Å². The molecule has 0 spiro atoms. The molecule has 0 saturated carbocycles. The average Bonchev–Trinajstić information content (AvgIpc) is 2.66. The van der Waals surface area contributed by atoms with Crippen molar-refractivity contribution in [1.29, 1.82) is 0 Å². The zero-order chi connectivity index (χ0) is 21.0. The maximum absolute atomic E-state index is 6.18. The molecule has 0 amide bonds. The van der Waals surface area contributed by atoms with Crippen molar-refractivity contribution < 1.29 is 14.0 Å². The van der Waals surface area contributed by atoms with Gasteiger partial charge in [0.15, 0.2) is 0 Å². The maximum Gasteiger partial charge on any atom is 0.639 e. The Bertz CT molecular complexity index is 267. The van der Waals surface area contributed by atoms with Gasteiger partial charge in [0.25, 0.3) is 0 Å². The summed E-state index contributed by atoms with van der Waals surface area (Å²) in [6, 6.07) is 0. The Morgan fingerprint density at radius 2 is 0.750 bits per heavy atom. The molecule has 0 radical (unpaired) electrons. The van der Waals surface area contributed by atoms with E-state index in [4.69, 9.17) is 14.0 Å². The summed E-state index contributed by atoms with van der Waals surface area (Å²) in [6.45, 7) is 13.2. The van der Waals surface area contributed by atoms with Gasteiger partial charge in [-0.25, -0.2) is 0 Å². The Labute approximate surface area is 177 Å². The molecule has 0 bridgehead atoms. The zero-order valence-electron chi connectivity index (χ0n) is 20.1. The molecule has 0 heterocycles. The van der Waals surface area contributed by atoms with Gasteiger partial charge in [-0.3, -0.25) is 0 Å². The van der Waals surface area contributed by atoms with Crippen LogP contribution in [0.2, 0.25) is 0 Å². The predicted octanol–water partition coefficient (Wildman–Crippen LogP) is 8.10. The normalized spacial score (nSPS) is 14.8. The fourth-order valence-electron chi connectivity index (χ4n) is 3.45. The summed E-state index contributed by atoms with van der Waals surface area (Å²) in [5, 5.41) is 0. The van der Waals surface area contributed by atoms with E-state index >= 15 is 0 Å². The van der Waals surface area contributed by atoms with Gasteiger partial charge >= 0.3 is 7.32 Å². The van der Waals surface area contributed by atoms with Crippen LogP contribution >= 0.6 is 0 Å². The lowest BCUT2D eigenvalue weighted by atomic mass is 10.1. The molecule has 0 N–H and O–H groups in total. The summed E-state index contributed by atoms with van der Waals surface area (Å²) in [4.78, 5) is 0. The summed E-state index contributed by atoms with van der Waals surface area (Å²) in [7, 11) is -0.525. The Balaban J connectivity index is 4.38. The highest BCUT2D eigenvalue weighted by Gasteiger charge is 2.28. The van der Waals surface area contributed by atoms with E-state index < -0.39 is 7.32 Å². The van der Waals surface area contributed by atoms with Crippen LogP contribution < -0.4 is 0 Å². The third-order valence-corrected chi connectivity index (χ3v) is 5.42. The van der Waals surface area contributed by atoms with Gasteiger partial charge in [0.1, 0.15) is 0 Å². The molecule has 0 aliphatic heterocycles. The highest BCUT2D eigenvalue weighted by atomic mass is 16.7. The van der Waals surface area contributed by atoms with Crippen molar-refractivity contribution >= 4 is 7.32 Å². The molecule has 28 heavy (non-hydrogen) atoms. The van der Waals surface area contributed by atoms with E-state index in [1.54, 1.807) is 0 Å². The van der Waals surface area contributed by atoms with Gasteiger partial charge in [0, 0.05) is 18.3 Å². The first-order valence-corrected chi connectivity index (χ1v) is 12.5. The molecular formula is C24H51BO3. The SMILES string of the molecule is CCCCCC[C@H](C)OB(O[C@@H](C)CCCCCC)O[C@@H](C)CCCCCC. The fraction of sp³-hybridized carbons (Fsp3) is 1.00. The molecule has 0 aromatic carbocycles. The van der Waals surface area contributed by atoms with Crippen molar-refractivity contribution in [3.63, 3.8) is 0 Å². The van der Waals surface area contributed by atoms with Gasteiger partial charge in [-0.05, 0) is 40.0 Å². The summed E-state index contributed by atoms with van der Waals surface area (Å²) in [6.07, 6.45) is 19.1. The van der Waals surface area contributed by atoms with Gasteiger partial charge < -0.3 is 14.0 Å². The topological polar surface area (TPSA) is 27.7 Å². The first kappa shape index (κ1) is 27.9. The molecule has 0 aliphatic carbocycles. The molecule has 0 unspecified atom stereocenters. The minimum Gasteiger partial charge on any atom is -0.383 e. The third kappa shape index (κ3) is 18.0. The molecular weight excluding hydrogens is 347 g/mol. The van der Waals surface area contributed by atoms with E-state index in [0.29, 0.717) is 0 Å². The number of hydrogen-bond donors (Lipinski definition) is 0. The van der Waals surface area contributed by atoms with Crippen LogP contribution in [-0.2, 0) is 14.0 Å². The molecule has 0 rings (SSSR count). The first-order valence-electron chi connectivity index (χ1n) is 12.5. The summed E-state index contributed by atoms with van der Waals surface area (Å²) in [5.41, 5.74) is 0. The number of hydrogen-bond acceptors (Lipinski definition) is 3. The molecule has 0 aliphatic rings. The standard InChI is InChI=1S/C24H51BO3/c1-7-10-13-16-19-22(4)26-25(27-23(5)20-17-14-11-8-2)28-24(6)21-18-15-12-9-3/h22-24H,7-21H2,1-6H3/t22-,23-,24-/m0/s1. The molecule has 168 valence electrons. The smallest absolute Gasteiger partial charge is 0.383 e. The van der Waals surface area contributed by atoms with Crippen molar-refractivity contribution in [2.75, 3.05) is 0 Å². The first-order chi connectivity index (χ1) is 13.5. The molecule has 0 aromatic rings. The summed E-state index contributed by atoms with van der Waals surface area (Å²) < 4.78 is 18.5. The quantitative estimate of drug-likeness (QED) is 0.144. The minimum absolute atomic E-state index is 0.182. The highest BCUT2D eigenvalue weighted by Crippen LogP contribution is 2.16. The second-order valence-corrected chi connectivity index (χ2v) is 8.68.